The molecule has 8 heteroatoms. The lowest BCUT2D eigenvalue weighted by Crippen LogP contribution is -2.42. The minimum absolute atomic E-state index is 0.0374. The number of thiazole rings is 1. The lowest BCUT2D eigenvalue weighted by atomic mass is 10.2. The summed E-state index contributed by atoms with van der Waals surface area (Å²) in [5.41, 5.74) is 1.37. The lowest BCUT2D eigenvalue weighted by molar-refractivity contribution is -0.116. The van der Waals surface area contributed by atoms with E-state index in [1.165, 1.54) is 11.3 Å². The summed E-state index contributed by atoms with van der Waals surface area (Å²) in [5.74, 6) is -0.472. The Morgan fingerprint density at radius 3 is 2.46 bits per heavy atom. The van der Waals surface area contributed by atoms with E-state index in [0.29, 0.717) is 28.8 Å². The van der Waals surface area contributed by atoms with Crippen molar-refractivity contribution in [3.63, 3.8) is 0 Å². The van der Waals surface area contributed by atoms with Gasteiger partial charge in [-0.1, -0.05) is 31.5 Å². The average molecular weight is 423 g/mol. The number of halogens is 1. The first-order valence-electron chi connectivity index (χ1n) is 9.35. The summed E-state index contributed by atoms with van der Waals surface area (Å²) < 4.78 is 0. The van der Waals surface area contributed by atoms with Gasteiger partial charge in [0.15, 0.2) is 5.13 Å². The second-order valence-electron chi connectivity index (χ2n) is 6.47. The van der Waals surface area contributed by atoms with Crippen molar-refractivity contribution in [2.45, 2.75) is 27.7 Å². The zero-order chi connectivity index (χ0) is 20.7. The number of carbonyl (C=O) groups excluding carboxylic acids is 2. The van der Waals surface area contributed by atoms with Crippen molar-refractivity contribution in [1.29, 1.82) is 0 Å². The minimum Gasteiger partial charge on any atom is -0.328 e. The second-order valence-corrected chi connectivity index (χ2v) is 8.11. The van der Waals surface area contributed by atoms with Crippen molar-refractivity contribution in [3.05, 3.63) is 45.4 Å². The highest BCUT2D eigenvalue weighted by atomic mass is 35.5. The van der Waals surface area contributed by atoms with Gasteiger partial charge in [-0.2, -0.15) is 0 Å². The van der Waals surface area contributed by atoms with Crippen LogP contribution in [0.15, 0.2) is 24.3 Å². The van der Waals surface area contributed by atoms with Crippen molar-refractivity contribution in [1.82, 2.24) is 14.8 Å². The van der Waals surface area contributed by atoms with E-state index in [1.54, 1.807) is 29.2 Å². The molecule has 1 heterocycles. The van der Waals surface area contributed by atoms with Crippen molar-refractivity contribution in [2.24, 2.45) is 0 Å². The number of aryl methyl sites for hydroxylation is 2. The molecule has 0 radical (unpaired) electrons. The molecule has 28 heavy (non-hydrogen) atoms. The first-order chi connectivity index (χ1) is 13.3. The summed E-state index contributed by atoms with van der Waals surface area (Å²) >= 11 is 7.46. The van der Waals surface area contributed by atoms with E-state index in [2.05, 4.69) is 29.0 Å². The highest BCUT2D eigenvalue weighted by Crippen LogP contribution is 2.21. The van der Waals surface area contributed by atoms with Gasteiger partial charge in [0.2, 0.25) is 5.91 Å². The number of amides is 2. The molecule has 0 atom stereocenters. The fraction of sp³-hybridized carbons (Fsp3) is 0.450. The molecule has 2 rings (SSSR count). The Balaban J connectivity index is 2.12. The number of nitrogens with one attached hydrogen (secondary N) is 1. The number of likely N-dealkylation sites (N-methyl/N-ethyl adjacent to an activating group) is 1. The summed E-state index contributed by atoms with van der Waals surface area (Å²) in [5, 5.41) is 3.85. The maximum absolute atomic E-state index is 13.0. The number of nitrogens with zero attached hydrogens (tertiary/aromatic N) is 3. The van der Waals surface area contributed by atoms with Gasteiger partial charge in [0.25, 0.3) is 5.91 Å². The van der Waals surface area contributed by atoms with Gasteiger partial charge in [0.05, 0.1) is 5.69 Å². The molecule has 0 aliphatic heterocycles. The third-order valence-corrected chi connectivity index (χ3v) is 5.77. The standard InChI is InChI=1S/C20H27ClN4O2S/c1-5-24(6-2)10-11-25(19(27)16-8-7-9-17(21)12-16)13-18(26)23-20-22-14(3)15(4)28-20/h7-9,12H,5-6,10-11,13H2,1-4H3,(H,22,23,26). The van der Waals surface area contributed by atoms with Crippen LogP contribution in [0.2, 0.25) is 5.02 Å². The first kappa shape index (κ1) is 22.3. The predicted octanol–water partition coefficient (Wildman–Crippen LogP) is 3.84. The molecule has 152 valence electrons. The molecule has 0 spiro atoms. The van der Waals surface area contributed by atoms with Crippen LogP contribution in [-0.4, -0.2) is 59.3 Å². The van der Waals surface area contributed by atoms with Crippen LogP contribution in [0.25, 0.3) is 0 Å². The third kappa shape index (κ3) is 6.29. The number of hydrogen-bond donors (Lipinski definition) is 1. The highest BCUT2D eigenvalue weighted by Gasteiger charge is 2.20. The van der Waals surface area contributed by atoms with Crippen molar-refractivity contribution in [2.75, 3.05) is 38.0 Å². The zero-order valence-corrected chi connectivity index (χ0v) is 18.4. The number of anilines is 1. The minimum atomic E-state index is -0.260. The SMILES string of the molecule is CCN(CC)CCN(CC(=O)Nc1nc(C)c(C)s1)C(=O)c1cccc(Cl)c1. The first-order valence-corrected chi connectivity index (χ1v) is 10.5. The average Bonchev–Trinajstić information content (AvgIpc) is 2.97. The quantitative estimate of drug-likeness (QED) is 0.666. The van der Waals surface area contributed by atoms with E-state index in [1.807, 2.05) is 13.8 Å². The molecule has 0 fully saturated rings. The molecule has 0 saturated carbocycles. The van der Waals surface area contributed by atoms with E-state index in [9.17, 15) is 9.59 Å². The van der Waals surface area contributed by atoms with E-state index < -0.39 is 0 Å². The number of rotatable bonds is 9. The van der Waals surface area contributed by atoms with Crippen molar-refractivity contribution < 1.29 is 9.59 Å². The van der Waals surface area contributed by atoms with E-state index in [0.717, 1.165) is 23.7 Å². The predicted molar refractivity (Wildman–Crippen MR) is 115 cm³/mol. The van der Waals surface area contributed by atoms with Gasteiger partial charge in [-0.3, -0.25) is 9.59 Å². The summed E-state index contributed by atoms with van der Waals surface area (Å²) in [4.78, 5) is 34.7. The zero-order valence-electron chi connectivity index (χ0n) is 16.8. The second kappa shape index (κ2) is 10.5. The van der Waals surface area contributed by atoms with Gasteiger partial charge < -0.3 is 15.1 Å². The molecule has 2 aromatic rings. The van der Waals surface area contributed by atoms with E-state index in [4.69, 9.17) is 11.6 Å². The van der Waals surface area contributed by atoms with Crippen LogP contribution in [-0.2, 0) is 4.79 Å². The van der Waals surface area contributed by atoms with Gasteiger partial charge in [-0.25, -0.2) is 4.98 Å². The molecular formula is C20H27ClN4O2S. The van der Waals surface area contributed by atoms with Gasteiger partial charge in [0, 0.05) is 28.6 Å². The van der Waals surface area contributed by atoms with E-state index >= 15 is 0 Å². The highest BCUT2D eigenvalue weighted by molar-refractivity contribution is 7.15. The normalized spacial score (nSPS) is 10.9. The molecular weight excluding hydrogens is 396 g/mol. The Labute approximate surface area is 175 Å². The monoisotopic (exact) mass is 422 g/mol. The van der Waals surface area contributed by atoms with Crippen LogP contribution in [0.3, 0.4) is 0 Å². The van der Waals surface area contributed by atoms with Gasteiger partial charge in [0.1, 0.15) is 6.54 Å². The molecule has 0 bridgehead atoms. The number of carbonyl (C=O) groups is 2. The fourth-order valence-electron chi connectivity index (χ4n) is 2.72. The van der Waals surface area contributed by atoms with Crippen LogP contribution in [0.5, 0.6) is 0 Å². The molecule has 0 unspecified atom stereocenters. The molecule has 1 N–H and O–H groups in total. The lowest BCUT2D eigenvalue weighted by Gasteiger charge is -2.26. The summed E-state index contributed by atoms with van der Waals surface area (Å²) in [6.07, 6.45) is 0. The Bertz CT molecular complexity index is 801. The largest absolute Gasteiger partial charge is 0.328 e. The van der Waals surface area contributed by atoms with E-state index in [-0.39, 0.29) is 18.4 Å². The molecule has 2 amide bonds. The van der Waals surface area contributed by atoms with Gasteiger partial charge in [-0.05, 0) is 45.1 Å². The molecule has 0 saturated heterocycles. The number of benzene rings is 1. The summed E-state index contributed by atoms with van der Waals surface area (Å²) in [6, 6.07) is 6.79. The van der Waals surface area contributed by atoms with Crippen LogP contribution in [0.4, 0.5) is 5.13 Å². The van der Waals surface area contributed by atoms with Crippen LogP contribution in [0.1, 0.15) is 34.8 Å². The third-order valence-electron chi connectivity index (χ3n) is 4.55. The molecule has 6 nitrogen and oxygen atoms in total. The number of hydrogen-bond acceptors (Lipinski definition) is 5. The van der Waals surface area contributed by atoms with Gasteiger partial charge in [-0.15, -0.1) is 11.3 Å². The maximum Gasteiger partial charge on any atom is 0.254 e. The maximum atomic E-state index is 13.0. The Morgan fingerprint density at radius 2 is 1.89 bits per heavy atom. The summed E-state index contributed by atoms with van der Waals surface area (Å²) in [7, 11) is 0. The van der Waals surface area contributed by atoms with Crippen molar-refractivity contribution >= 4 is 39.9 Å². The van der Waals surface area contributed by atoms with Crippen molar-refractivity contribution in [3.8, 4) is 0 Å². The van der Waals surface area contributed by atoms with Crippen LogP contribution in [0, 0.1) is 13.8 Å². The molecule has 0 aliphatic rings. The van der Waals surface area contributed by atoms with Crippen LogP contribution < -0.4 is 5.32 Å². The van der Waals surface area contributed by atoms with Gasteiger partial charge >= 0.3 is 0 Å². The molecule has 1 aromatic carbocycles. The Morgan fingerprint density at radius 1 is 1.18 bits per heavy atom. The Hall–Kier alpha value is -1.96. The smallest absolute Gasteiger partial charge is 0.254 e. The topological polar surface area (TPSA) is 65.5 Å². The Kier molecular flexibility index (Phi) is 8.41. The fourth-order valence-corrected chi connectivity index (χ4v) is 3.74. The molecule has 1 aromatic heterocycles. The molecule has 0 aliphatic carbocycles. The summed E-state index contributed by atoms with van der Waals surface area (Å²) in [6.45, 7) is 10.9. The van der Waals surface area contributed by atoms with Crippen LogP contribution >= 0.6 is 22.9 Å². The number of aromatic nitrogens is 1.